The van der Waals surface area contributed by atoms with Gasteiger partial charge in [0.25, 0.3) is 11.8 Å². The van der Waals surface area contributed by atoms with Crippen molar-refractivity contribution in [3.05, 3.63) is 37.8 Å². The zero-order chi connectivity index (χ0) is 23.9. The summed E-state index contributed by atoms with van der Waals surface area (Å²) in [6.45, 7) is 0. The van der Waals surface area contributed by atoms with Gasteiger partial charge >= 0.3 is 5.97 Å². The van der Waals surface area contributed by atoms with E-state index in [-0.39, 0.29) is 26.7 Å². The number of anilines is 2. The number of hydrogen-bond donors (Lipinski definition) is 4. The molecule has 0 spiro atoms. The number of amides is 2. The summed E-state index contributed by atoms with van der Waals surface area (Å²) in [6, 6.07) is -1.67. The minimum atomic E-state index is -1.60. The number of carbonyl (C=O) groups is 3. The molecule has 1 saturated heterocycles. The number of fused-ring (bicyclic) bond motifs is 1. The standard InChI is InChI=1S/C17H15ClN8O5S2/c18-13-10(23-17(20)33-13)11(25-31)14(27)22-9-6-1-2-7(12(16(29)30)26(6)15(9)28)32-5-3-8(19)24-21-4-5/h3-4,6,9,11H,1-2H2,(H2,19,24)(H2,20,23)(H,22,27)(H,29,30)/t6?,9-,11?/m0/s1. The minimum absolute atomic E-state index is 0.0375. The van der Waals surface area contributed by atoms with E-state index in [0.29, 0.717) is 22.6 Å². The largest absolute Gasteiger partial charge is 0.477 e. The van der Waals surface area contributed by atoms with Gasteiger partial charge in [-0.2, -0.15) is 5.10 Å². The maximum atomic E-state index is 12.8. The van der Waals surface area contributed by atoms with Crippen LogP contribution in [-0.4, -0.2) is 55.1 Å². The number of β-lactam (4-membered cyclic amide) rings is 1. The molecule has 0 aliphatic carbocycles. The summed E-state index contributed by atoms with van der Waals surface area (Å²) in [7, 11) is 0. The Morgan fingerprint density at radius 3 is 2.79 bits per heavy atom. The molecule has 2 aliphatic rings. The van der Waals surface area contributed by atoms with Crippen molar-refractivity contribution in [1.29, 1.82) is 0 Å². The van der Waals surface area contributed by atoms with Gasteiger partial charge in [-0.05, 0) is 24.1 Å². The second kappa shape index (κ2) is 8.92. The Morgan fingerprint density at radius 1 is 1.42 bits per heavy atom. The first-order valence-electron chi connectivity index (χ1n) is 9.31. The number of carboxylic acid groups (broad SMARTS) is 1. The van der Waals surface area contributed by atoms with Crippen LogP contribution in [0.15, 0.2) is 32.9 Å². The van der Waals surface area contributed by atoms with E-state index in [9.17, 15) is 24.4 Å². The van der Waals surface area contributed by atoms with Gasteiger partial charge in [0.1, 0.15) is 27.6 Å². The van der Waals surface area contributed by atoms with Crippen molar-refractivity contribution in [2.45, 2.75) is 35.9 Å². The highest BCUT2D eigenvalue weighted by Gasteiger charge is 2.54. The van der Waals surface area contributed by atoms with Crippen LogP contribution in [0.1, 0.15) is 24.6 Å². The molecule has 2 aliphatic heterocycles. The van der Waals surface area contributed by atoms with Crippen molar-refractivity contribution < 1.29 is 19.5 Å². The first-order valence-corrected chi connectivity index (χ1v) is 11.3. The molecule has 0 aromatic carbocycles. The smallest absolute Gasteiger partial charge is 0.353 e. The number of nitrogens with two attached hydrogens (primary N) is 2. The van der Waals surface area contributed by atoms with Crippen molar-refractivity contribution in [2.24, 2.45) is 5.18 Å². The first-order chi connectivity index (χ1) is 15.7. The molecule has 6 N–H and O–H groups in total. The summed E-state index contributed by atoms with van der Waals surface area (Å²) in [4.78, 5) is 54.7. The molecule has 2 amide bonds. The number of nitrogen functional groups attached to an aromatic ring is 2. The van der Waals surface area contributed by atoms with E-state index >= 15 is 0 Å². The highest BCUT2D eigenvalue weighted by Crippen LogP contribution is 2.43. The number of halogens is 1. The van der Waals surface area contributed by atoms with Gasteiger partial charge in [0.15, 0.2) is 5.13 Å². The van der Waals surface area contributed by atoms with E-state index in [2.05, 4.69) is 25.7 Å². The molecule has 2 unspecified atom stereocenters. The lowest BCUT2D eigenvalue weighted by atomic mass is 9.86. The Labute approximate surface area is 198 Å². The highest BCUT2D eigenvalue weighted by molar-refractivity contribution is 8.03. The summed E-state index contributed by atoms with van der Waals surface area (Å²) >= 11 is 7.97. The highest BCUT2D eigenvalue weighted by atomic mass is 35.5. The summed E-state index contributed by atoms with van der Waals surface area (Å²) < 4.78 is 0.0375. The number of carboxylic acids is 1. The van der Waals surface area contributed by atoms with Crippen molar-refractivity contribution in [3.8, 4) is 0 Å². The molecule has 0 radical (unpaired) electrons. The quantitative estimate of drug-likeness (QED) is 0.306. The van der Waals surface area contributed by atoms with Crippen molar-refractivity contribution >= 4 is 63.4 Å². The second-order valence-electron chi connectivity index (χ2n) is 7.01. The van der Waals surface area contributed by atoms with Crippen LogP contribution in [0.3, 0.4) is 0 Å². The maximum Gasteiger partial charge on any atom is 0.353 e. The predicted molar refractivity (Wildman–Crippen MR) is 119 cm³/mol. The Kier molecular flexibility index (Phi) is 6.18. The summed E-state index contributed by atoms with van der Waals surface area (Å²) in [5, 5.41) is 22.4. The molecule has 33 heavy (non-hydrogen) atoms. The number of hydrogen-bond acceptors (Lipinski definition) is 12. The van der Waals surface area contributed by atoms with Crippen LogP contribution < -0.4 is 16.8 Å². The van der Waals surface area contributed by atoms with E-state index in [0.717, 1.165) is 28.0 Å². The van der Waals surface area contributed by atoms with Crippen LogP contribution in [0.2, 0.25) is 4.34 Å². The molecule has 13 nitrogen and oxygen atoms in total. The molecule has 4 rings (SSSR count). The lowest BCUT2D eigenvalue weighted by molar-refractivity contribution is -0.156. The van der Waals surface area contributed by atoms with Gasteiger partial charge in [-0.3, -0.25) is 14.5 Å². The number of thioether (sulfide) groups is 1. The fourth-order valence-electron chi connectivity index (χ4n) is 3.64. The maximum absolute atomic E-state index is 12.8. The number of allylic oxidation sites excluding steroid dienone is 1. The number of aliphatic carboxylic acids is 1. The van der Waals surface area contributed by atoms with Crippen molar-refractivity contribution in [3.63, 3.8) is 0 Å². The van der Waals surface area contributed by atoms with Gasteiger partial charge < -0.3 is 21.9 Å². The third kappa shape index (κ3) is 4.21. The molecule has 0 saturated carbocycles. The van der Waals surface area contributed by atoms with E-state index in [4.69, 9.17) is 23.1 Å². The van der Waals surface area contributed by atoms with Gasteiger partial charge in [-0.1, -0.05) is 34.7 Å². The third-order valence-electron chi connectivity index (χ3n) is 5.02. The molecule has 2 aromatic heterocycles. The number of nitrogens with one attached hydrogen (secondary N) is 1. The van der Waals surface area contributed by atoms with Crippen molar-refractivity contribution in [1.82, 2.24) is 25.4 Å². The zero-order valence-corrected chi connectivity index (χ0v) is 18.9. The number of carbonyl (C=O) groups excluding carboxylic acids is 2. The van der Waals surface area contributed by atoms with E-state index in [1.165, 1.54) is 6.20 Å². The molecule has 1 fully saturated rings. The fourth-order valence-corrected chi connectivity index (χ4v) is 5.68. The van der Waals surface area contributed by atoms with E-state index < -0.39 is 35.9 Å². The van der Waals surface area contributed by atoms with Crippen molar-refractivity contribution in [2.75, 3.05) is 11.5 Å². The SMILES string of the molecule is Nc1cc(SC2=C(C(=O)O)N3C(=O)[C@@H](NC(=O)C(N=O)c4nc(N)sc4Cl)C3CC2)cnn1. The number of aromatic nitrogens is 3. The number of nitrogens with zero attached hydrogens (tertiary/aromatic N) is 5. The fraction of sp³-hybridized carbons (Fsp3) is 0.294. The first kappa shape index (κ1) is 22.9. The molecule has 4 heterocycles. The van der Waals surface area contributed by atoms with Crippen LogP contribution >= 0.6 is 34.7 Å². The Hall–Kier alpha value is -3.30. The molecular formula is C17H15ClN8O5S2. The number of nitroso groups, excluding NO2 is 1. The van der Waals surface area contributed by atoms with Crippen LogP contribution in [0, 0.1) is 4.91 Å². The molecule has 16 heteroatoms. The monoisotopic (exact) mass is 510 g/mol. The predicted octanol–water partition coefficient (Wildman–Crippen LogP) is 1.14. The van der Waals surface area contributed by atoms with Crippen LogP contribution in [-0.2, 0) is 14.4 Å². The van der Waals surface area contributed by atoms with Crippen LogP contribution in [0.5, 0.6) is 0 Å². The topological polar surface area (TPSA) is 207 Å². The van der Waals surface area contributed by atoms with E-state index in [1.807, 2.05) is 0 Å². The lowest BCUT2D eigenvalue weighted by Gasteiger charge is -2.50. The normalized spacial score (nSPS) is 20.6. The lowest BCUT2D eigenvalue weighted by Crippen LogP contribution is -2.71. The minimum Gasteiger partial charge on any atom is -0.477 e. The van der Waals surface area contributed by atoms with Gasteiger partial charge in [0.05, 0.1) is 12.2 Å². The Balaban J connectivity index is 1.53. The Bertz CT molecular complexity index is 1200. The molecule has 172 valence electrons. The molecule has 0 bridgehead atoms. The number of thiazole rings is 1. The third-order valence-corrected chi connectivity index (χ3v) is 7.24. The average Bonchev–Trinajstić information content (AvgIpc) is 3.09. The molecule has 2 aromatic rings. The second-order valence-corrected chi connectivity index (χ2v) is 9.82. The number of rotatable bonds is 7. The Morgan fingerprint density at radius 2 is 2.18 bits per heavy atom. The van der Waals surface area contributed by atoms with E-state index in [1.54, 1.807) is 6.07 Å². The summed E-state index contributed by atoms with van der Waals surface area (Å²) in [5.41, 5.74) is 10.9. The van der Waals surface area contributed by atoms with Gasteiger partial charge in [-0.25, -0.2) is 9.78 Å². The zero-order valence-electron chi connectivity index (χ0n) is 16.5. The molecular weight excluding hydrogens is 496 g/mol. The summed E-state index contributed by atoms with van der Waals surface area (Å²) in [6.07, 6.45) is 2.15. The summed E-state index contributed by atoms with van der Waals surface area (Å²) in [5.74, 6) is -2.61. The van der Waals surface area contributed by atoms with Gasteiger partial charge in [0.2, 0.25) is 6.04 Å². The molecule has 3 atom stereocenters. The van der Waals surface area contributed by atoms with Gasteiger partial charge in [0, 0.05) is 9.80 Å². The van der Waals surface area contributed by atoms with Crippen LogP contribution in [0.25, 0.3) is 0 Å². The van der Waals surface area contributed by atoms with Gasteiger partial charge in [-0.15, -0.1) is 10.0 Å². The van der Waals surface area contributed by atoms with Crippen LogP contribution in [0.4, 0.5) is 10.9 Å². The average molecular weight is 511 g/mol.